The fourth-order valence-corrected chi connectivity index (χ4v) is 6.18. The molecule has 1 saturated heterocycles. The molecular weight excluding hydrogens is 436 g/mol. The minimum absolute atomic E-state index is 0.0134. The lowest BCUT2D eigenvalue weighted by atomic mass is 9.74. The van der Waals surface area contributed by atoms with Crippen molar-refractivity contribution >= 4 is 32.3 Å². The van der Waals surface area contributed by atoms with Gasteiger partial charge in [0.05, 0.1) is 9.82 Å². The van der Waals surface area contributed by atoms with Gasteiger partial charge < -0.3 is 0 Å². The summed E-state index contributed by atoms with van der Waals surface area (Å²) in [6, 6.07) is 12.9. The summed E-state index contributed by atoms with van der Waals surface area (Å²) >= 11 is 6.80. The first-order chi connectivity index (χ1) is 14.7. The first-order valence-corrected chi connectivity index (χ1v) is 11.9. The topological polar surface area (TPSA) is 80.5 Å². The van der Waals surface area contributed by atoms with Crippen molar-refractivity contribution in [1.29, 1.82) is 0 Å². The zero-order valence-corrected chi connectivity index (χ0v) is 18.7. The molecule has 162 valence electrons. The maximum Gasteiger partial charge on any atom is 0.269 e. The van der Waals surface area contributed by atoms with E-state index in [1.54, 1.807) is 36.4 Å². The number of hydrogen-bond acceptors (Lipinski definition) is 4. The van der Waals surface area contributed by atoms with Crippen LogP contribution in [0.5, 0.6) is 0 Å². The average molecular weight is 459 g/mol. The van der Waals surface area contributed by atoms with Crippen LogP contribution >= 0.6 is 11.6 Å². The van der Waals surface area contributed by atoms with E-state index in [1.165, 1.54) is 16.4 Å². The average Bonchev–Trinajstić information content (AvgIpc) is 3.13. The molecule has 0 bridgehead atoms. The van der Waals surface area contributed by atoms with Crippen molar-refractivity contribution in [2.24, 2.45) is 5.41 Å². The van der Waals surface area contributed by atoms with Crippen molar-refractivity contribution in [3.8, 4) is 0 Å². The molecule has 2 aliphatic rings. The van der Waals surface area contributed by atoms with Crippen LogP contribution in [-0.2, 0) is 10.0 Å². The van der Waals surface area contributed by atoms with Gasteiger partial charge in [0, 0.05) is 35.7 Å². The van der Waals surface area contributed by atoms with E-state index in [1.807, 2.05) is 6.92 Å². The smallest absolute Gasteiger partial charge is 0.258 e. The second-order valence-electron chi connectivity index (χ2n) is 8.13. The number of halogens is 1. The number of non-ortho nitro benzene ring substituents is 1. The first kappa shape index (κ1) is 21.7. The zero-order valence-electron chi connectivity index (χ0n) is 17.1. The zero-order chi connectivity index (χ0) is 22.2. The van der Waals surface area contributed by atoms with Gasteiger partial charge in [0.15, 0.2) is 0 Å². The van der Waals surface area contributed by atoms with Crippen LogP contribution in [0, 0.1) is 22.5 Å². The summed E-state index contributed by atoms with van der Waals surface area (Å²) in [7, 11) is -3.68. The fraction of sp³-hybridized carbons (Fsp3) is 0.304. The van der Waals surface area contributed by atoms with E-state index < -0.39 is 20.4 Å². The number of nitro benzene ring substituents is 1. The van der Waals surface area contributed by atoms with E-state index in [4.69, 9.17) is 11.6 Å². The standard InChI is InChI=1S/C23H23ClN2O4S/c1-17-5-11-20(12-6-17)31(29,30)25-15-21(23(16-25)13-3-2-4-14-23)22(24)18-7-9-19(10-8-18)26(27)28/h3,5-13H,2,4,14-16H2,1H3/b22-21+/t23-/m1/s1. The Kier molecular flexibility index (Phi) is 5.77. The molecule has 1 aliphatic heterocycles. The largest absolute Gasteiger partial charge is 0.269 e. The molecule has 0 saturated carbocycles. The van der Waals surface area contributed by atoms with Crippen LogP contribution in [-0.4, -0.2) is 30.7 Å². The summed E-state index contributed by atoms with van der Waals surface area (Å²) in [4.78, 5) is 10.8. The number of nitrogens with zero attached hydrogens (tertiary/aromatic N) is 2. The second kappa shape index (κ2) is 8.22. The molecule has 8 heteroatoms. The number of nitro groups is 1. The summed E-state index contributed by atoms with van der Waals surface area (Å²) in [6.07, 6.45) is 6.88. The Labute approximate surface area is 187 Å². The van der Waals surface area contributed by atoms with E-state index in [0.29, 0.717) is 17.1 Å². The Bertz CT molecular complexity index is 1170. The highest BCUT2D eigenvalue weighted by Crippen LogP contribution is 2.49. The van der Waals surface area contributed by atoms with Crippen molar-refractivity contribution in [1.82, 2.24) is 4.31 Å². The Hall–Kier alpha value is -2.48. The SMILES string of the molecule is Cc1ccc(S(=O)(=O)N2C/C(=C(\Cl)c3ccc([N+](=O)[O-])cc3)[C@@]3(C=CCCC3)C2)cc1. The van der Waals surface area contributed by atoms with Gasteiger partial charge in [-0.3, -0.25) is 10.1 Å². The highest BCUT2D eigenvalue weighted by atomic mass is 35.5. The summed E-state index contributed by atoms with van der Waals surface area (Å²) < 4.78 is 28.2. The Morgan fingerprint density at radius 2 is 1.81 bits per heavy atom. The van der Waals surface area contributed by atoms with Crippen molar-refractivity contribution in [3.05, 3.63) is 87.5 Å². The lowest BCUT2D eigenvalue weighted by Crippen LogP contribution is -2.32. The van der Waals surface area contributed by atoms with Crippen molar-refractivity contribution in [3.63, 3.8) is 0 Å². The molecular formula is C23H23ClN2O4S. The molecule has 0 aromatic heterocycles. The Morgan fingerprint density at radius 1 is 1.13 bits per heavy atom. The minimum atomic E-state index is -3.68. The quantitative estimate of drug-likeness (QED) is 0.354. The maximum atomic E-state index is 13.4. The van der Waals surface area contributed by atoms with Crippen LogP contribution in [0.25, 0.3) is 5.03 Å². The van der Waals surface area contributed by atoms with Crippen LogP contribution in [0.1, 0.15) is 30.4 Å². The van der Waals surface area contributed by atoms with Crippen LogP contribution in [0.15, 0.2) is 71.2 Å². The van der Waals surface area contributed by atoms with Crippen LogP contribution < -0.4 is 0 Å². The summed E-state index contributed by atoms with van der Waals surface area (Å²) in [5.41, 5.74) is 2.01. The molecule has 1 spiro atoms. The van der Waals surface area contributed by atoms with Gasteiger partial charge in [-0.05, 0) is 61.6 Å². The molecule has 1 atom stereocenters. The minimum Gasteiger partial charge on any atom is -0.258 e. The Balaban J connectivity index is 1.76. The van der Waals surface area contributed by atoms with E-state index in [2.05, 4.69) is 12.2 Å². The van der Waals surface area contributed by atoms with Gasteiger partial charge in [-0.25, -0.2) is 8.42 Å². The molecule has 1 heterocycles. The number of aryl methyl sites for hydroxylation is 1. The van der Waals surface area contributed by atoms with E-state index in [9.17, 15) is 18.5 Å². The van der Waals surface area contributed by atoms with Crippen molar-refractivity contribution in [2.75, 3.05) is 13.1 Å². The van der Waals surface area contributed by atoms with E-state index in [-0.39, 0.29) is 17.1 Å². The first-order valence-electron chi connectivity index (χ1n) is 10.1. The summed E-state index contributed by atoms with van der Waals surface area (Å²) in [6.45, 7) is 2.44. The molecule has 6 nitrogen and oxygen atoms in total. The highest BCUT2D eigenvalue weighted by Gasteiger charge is 2.46. The third-order valence-electron chi connectivity index (χ3n) is 6.08. The monoisotopic (exact) mass is 458 g/mol. The molecule has 0 unspecified atom stereocenters. The van der Waals surface area contributed by atoms with Crippen molar-refractivity contribution in [2.45, 2.75) is 31.1 Å². The normalized spacial score (nSPS) is 23.3. The van der Waals surface area contributed by atoms with Crippen LogP contribution in [0.3, 0.4) is 0 Å². The molecule has 1 aliphatic carbocycles. The molecule has 0 radical (unpaired) electrons. The fourth-order valence-electron chi connectivity index (χ4n) is 4.33. The second-order valence-corrected chi connectivity index (χ2v) is 10.4. The number of benzene rings is 2. The van der Waals surface area contributed by atoms with Gasteiger partial charge in [-0.1, -0.05) is 41.4 Å². The van der Waals surface area contributed by atoms with Gasteiger partial charge in [0.2, 0.25) is 10.0 Å². The number of hydrogen-bond donors (Lipinski definition) is 0. The number of sulfonamides is 1. The summed E-state index contributed by atoms with van der Waals surface area (Å²) in [5.74, 6) is 0. The molecule has 1 fully saturated rings. The van der Waals surface area contributed by atoms with Gasteiger partial charge >= 0.3 is 0 Å². The third-order valence-corrected chi connectivity index (χ3v) is 8.33. The van der Waals surface area contributed by atoms with Gasteiger partial charge in [0.25, 0.3) is 5.69 Å². The third kappa shape index (κ3) is 4.05. The molecule has 2 aromatic carbocycles. The van der Waals surface area contributed by atoms with Crippen LogP contribution in [0.4, 0.5) is 5.69 Å². The predicted molar refractivity (Wildman–Crippen MR) is 121 cm³/mol. The molecule has 2 aromatic rings. The highest BCUT2D eigenvalue weighted by molar-refractivity contribution is 7.89. The lowest BCUT2D eigenvalue weighted by molar-refractivity contribution is -0.384. The predicted octanol–water partition coefficient (Wildman–Crippen LogP) is 5.28. The maximum absolute atomic E-state index is 13.4. The van der Waals surface area contributed by atoms with E-state index in [0.717, 1.165) is 30.4 Å². The lowest BCUT2D eigenvalue weighted by Gasteiger charge is -2.31. The van der Waals surface area contributed by atoms with Crippen LogP contribution in [0.2, 0.25) is 0 Å². The molecule has 4 rings (SSSR count). The van der Waals surface area contributed by atoms with Gasteiger partial charge in [-0.2, -0.15) is 4.31 Å². The molecule has 0 amide bonds. The molecule has 31 heavy (non-hydrogen) atoms. The van der Waals surface area contributed by atoms with Crippen molar-refractivity contribution < 1.29 is 13.3 Å². The Morgan fingerprint density at radius 3 is 2.39 bits per heavy atom. The molecule has 0 N–H and O–H groups in total. The van der Waals surface area contributed by atoms with Gasteiger partial charge in [-0.15, -0.1) is 0 Å². The van der Waals surface area contributed by atoms with E-state index >= 15 is 0 Å². The summed E-state index contributed by atoms with van der Waals surface area (Å²) in [5, 5.41) is 11.4. The van der Waals surface area contributed by atoms with Gasteiger partial charge in [0.1, 0.15) is 0 Å². The number of rotatable bonds is 4. The number of allylic oxidation sites excluding steroid dienone is 1.